The Kier molecular flexibility index (Phi) is 4.29. The van der Waals surface area contributed by atoms with Crippen molar-refractivity contribution in [2.45, 2.75) is 18.4 Å². The maximum absolute atomic E-state index is 12.2. The van der Waals surface area contributed by atoms with Gasteiger partial charge in [0.05, 0.1) is 17.7 Å². The number of amides is 1. The summed E-state index contributed by atoms with van der Waals surface area (Å²) < 4.78 is 5.25. The van der Waals surface area contributed by atoms with Gasteiger partial charge in [0.15, 0.2) is 0 Å². The summed E-state index contributed by atoms with van der Waals surface area (Å²) in [5.41, 5.74) is 5.84. The van der Waals surface area contributed by atoms with Crippen molar-refractivity contribution < 1.29 is 14.6 Å². The van der Waals surface area contributed by atoms with E-state index in [1.165, 1.54) is 6.07 Å². The van der Waals surface area contributed by atoms with Gasteiger partial charge in [0, 0.05) is 23.9 Å². The van der Waals surface area contributed by atoms with Crippen LogP contribution in [0.25, 0.3) is 0 Å². The predicted octanol–water partition coefficient (Wildman–Crippen LogP) is 1.19. The fourth-order valence-electron chi connectivity index (χ4n) is 2.13. The highest BCUT2D eigenvalue weighted by Crippen LogP contribution is 2.23. The molecular formula is C13H17ClN2O3. The van der Waals surface area contributed by atoms with Gasteiger partial charge in [0.25, 0.3) is 5.91 Å². The number of halogens is 1. The van der Waals surface area contributed by atoms with E-state index in [0.717, 1.165) is 0 Å². The highest BCUT2D eigenvalue weighted by Gasteiger charge is 2.34. The molecule has 0 atom stereocenters. The van der Waals surface area contributed by atoms with Crippen molar-refractivity contribution in [1.29, 1.82) is 0 Å². The molecule has 2 rings (SSSR count). The summed E-state index contributed by atoms with van der Waals surface area (Å²) in [5.74, 6) is -0.301. The fourth-order valence-corrected chi connectivity index (χ4v) is 2.31. The quantitative estimate of drug-likeness (QED) is 0.728. The molecule has 1 aliphatic heterocycles. The third-order valence-corrected chi connectivity index (χ3v) is 3.62. The molecule has 1 amide bonds. The Labute approximate surface area is 116 Å². The van der Waals surface area contributed by atoms with Gasteiger partial charge in [0.2, 0.25) is 0 Å². The predicted molar refractivity (Wildman–Crippen MR) is 73.2 cm³/mol. The summed E-state index contributed by atoms with van der Waals surface area (Å²) in [6.07, 6.45) is 1.17. The molecule has 0 radical (unpaired) electrons. The Balaban J connectivity index is 2.15. The first-order valence-corrected chi connectivity index (χ1v) is 6.50. The number of rotatable bonds is 3. The van der Waals surface area contributed by atoms with Crippen LogP contribution in [0.1, 0.15) is 23.2 Å². The summed E-state index contributed by atoms with van der Waals surface area (Å²) in [4.78, 5) is 12.2. The minimum Gasteiger partial charge on any atom is -0.398 e. The number of nitrogens with one attached hydrogen (secondary N) is 1. The standard InChI is InChI=1S/C13H17ClN2O3/c14-9-1-2-10(11(15)7-9)12(18)16-13(8-17)3-5-19-6-4-13/h1-2,7,17H,3-6,8,15H2,(H,16,18). The lowest BCUT2D eigenvalue weighted by Crippen LogP contribution is -2.54. The lowest BCUT2D eigenvalue weighted by atomic mass is 9.90. The Hall–Kier alpha value is -1.30. The number of aliphatic hydroxyl groups excluding tert-OH is 1. The van der Waals surface area contributed by atoms with E-state index < -0.39 is 5.54 Å². The number of nitrogen functional groups attached to an aromatic ring is 1. The van der Waals surface area contributed by atoms with Crippen molar-refractivity contribution in [3.63, 3.8) is 0 Å². The summed E-state index contributed by atoms with van der Waals surface area (Å²) in [6.45, 7) is 0.934. The van der Waals surface area contributed by atoms with Gasteiger partial charge in [-0.2, -0.15) is 0 Å². The van der Waals surface area contributed by atoms with E-state index in [2.05, 4.69) is 5.32 Å². The van der Waals surface area contributed by atoms with Crippen LogP contribution in [0, 0.1) is 0 Å². The Morgan fingerprint density at radius 1 is 1.47 bits per heavy atom. The molecular weight excluding hydrogens is 268 g/mol. The highest BCUT2D eigenvalue weighted by molar-refractivity contribution is 6.31. The average molecular weight is 285 g/mol. The molecule has 1 fully saturated rings. The van der Waals surface area contributed by atoms with Crippen LogP contribution in [0.15, 0.2) is 18.2 Å². The van der Waals surface area contributed by atoms with E-state index >= 15 is 0 Å². The van der Waals surface area contributed by atoms with E-state index in [4.69, 9.17) is 22.1 Å². The molecule has 0 spiro atoms. The zero-order valence-electron chi connectivity index (χ0n) is 10.5. The Morgan fingerprint density at radius 3 is 2.74 bits per heavy atom. The van der Waals surface area contributed by atoms with Gasteiger partial charge in [-0.3, -0.25) is 4.79 Å². The van der Waals surface area contributed by atoms with Gasteiger partial charge in [0.1, 0.15) is 0 Å². The van der Waals surface area contributed by atoms with Crippen LogP contribution in [-0.4, -0.2) is 36.4 Å². The van der Waals surface area contributed by atoms with Crippen LogP contribution in [0.2, 0.25) is 5.02 Å². The lowest BCUT2D eigenvalue weighted by molar-refractivity contribution is 0.0125. The van der Waals surface area contributed by atoms with Gasteiger partial charge in [-0.1, -0.05) is 11.6 Å². The molecule has 1 aromatic rings. The number of hydrogen-bond acceptors (Lipinski definition) is 4. The maximum atomic E-state index is 12.2. The third-order valence-electron chi connectivity index (χ3n) is 3.39. The molecule has 0 unspecified atom stereocenters. The zero-order valence-corrected chi connectivity index (χ0v) is 11.2. The van der Waals surface area contributed by atoms with Crippen LogP contribution in [0.3, 0.4) is 0 Å². The van der Waals surface area contributed by atoms with Crippen molar-refractivity contribution in [3.05, 3.63) is 28.8 Å². The second-order valence-corrected chi connectivity index (χ2v) is 5.17. The molecule has 0 saturated carbocycles. The minimum absolute atomic E-state index is 0.115. The largest absolute Gasteiger partial charge is 0.398 e. The van der Waals surface area contributed by atoms with Crippen LogP contribution in [0.4, 0.5) is 5.69 Å². The van der Waals surface area contributed by atoms with Crippen LogP contribution < -0.4 is 11.1 Å². The number of aliphatic hydroxyl groups is 1. The maximum Gasteiger partial charge on any atom is 0.253 e. The molecule has 0 aromatic heterocycles. The number of ether oxygens (including phenoxy) is 1. The number of anilines is 1. The van der Waals surface area contributed by atoms with Gasteiger partial charge < -0.3 is 20.9 Å². The summed E-state index contributed by atoms with van der Waals surface area (Å²) in [6, 6.07) is 4.73. The van der Waals surface area contributed by atoms with Crippen molar-refractivity contribution in [1.82, 2.24) is 5.32 Å². The number of nitrogens with two attached hydrogens (primary N) is 1. The van der Waals surface area contributed by atoms with E-state index in [0.29, 0.717) is 42.3 Å². The number of benzene rings is 1. The van der Waals surface area contributed by atoms with Crippen LogP contribution in [-0.2, 0) is 4.74 Å². The lowest BCUT2D eigenvalue weighted by Gasteiger charge is -2.36. The first kappa shape index (κ1) is 14.1. The first-order valence-electron chi connectivity index (χ1n) is 6.12. The summed E-state index contributed by atoms with van der Waals surface area (Å²) in [7, 11) is 0. The van der Waals surface area contributed by atoms with Gasteiger partial charge in [-0.15, -0.1) is 0 Å². The van der Waals surface area contributed by atoms with E-state index in [9.17, 15) is 9.90 Å². The number of hydrogen-bond donors (Lipinski definition) is 3. The molecule has 1 saturated heterocycles. The molecule has 1 aromatic carbocycles. The molecule has 19 heavy (non-hydrogen) atoms. The van der Waals surface area contributed by atoms with E-state index in [1.54, 1.807) is 12.1 Å². The fraction of sp³-hybridized carbons (Fsp3) is 0.462. The number of carbonyl (C=O) groups excluding carboxylic acids is 1. The second-order valence-electron chi connectivity index (χ2n) is 4.74. The highest BCUT2D eigenvalue weighted by atomic mass is 35.5. The molecule has 1 heterocycles. The van der Waals surface area contributed by atoms with Crippen molar-refractivity contribution in [2.75, 3.05) is 25.6 Å². The second kappa shape index (κ2) is 5.77. The Bertz CT molecular complexity index is 473. The normalized spacial score (nSPS) is 18.0. The molecule has 0 bridgehead atoms. The molecule has 0 aliphatic carbocycles. The van der Waals surface area contributed by atoms with E-state index in [-0.39, 0.29) is 12.5 Å². The number of carbonyl (C=O) groups is 1. The minimum atomic E-state index is -0.624. The average Bonchev–Trinajstić information content (AvgIpc) is 2.39. The first-order chi connectivity index (χ1) is 9.06. The van der Waals surface area contributed by atoms with Crippen molar-refractivity contribution in [2.24, 2.45) is 0 Å². The van der Waals surface area contributed by atoms with Gasteiger partial charge in [-0.25, -0.2) is 0 Å². The smallest absolute Gasteiger partial charge is 0.253 e. The van der Waals surface area contributed by atoms with Gasteiger partial charge >= 0.3 is 0 Å². The molecule has 5 nitrogen and oxygen atoms in total. The van der Waals surface area contributed by atoms with Crippen LogP contribution >= 0.6 is 11.6 Å². The molecule has 104 valence electrons. The van der Waals surface area contributed by atoms with Gasteiger partial charge in [-0.05, 0) is 31.0 Å². The molecule has 6 heteroatoms. The van der Waals surface area contributed by atoms with Crippen molar-refractivity contribution in [3.8, 4) is 0 Å². The summed E-state index contributed by atoms with van der Waals surface area (Å²) >= 11 is 5.80. The summed E-state index contributed by atoms with van der Waals surface area (Å²) in [5, 5.41) is 12.9. The third kappa shape index (κ3) is 3.18. The molecule has 1 aliphatic rings. The SMILES string of the molecule is Nc1cc(Cl)ccc1C(=O)NC1(CO)CCOCC1. The Morgan fingerprint density at radius 2 is 2.16 bits per heavy atom. The topological polar surface area (TPSA) is 84.6 Å². The zero-order chi connectivity index (χ0) is 13.9. The monoisotopic (exact) mass is 284 g/mol. The van der Waals surface area contributed by atoms with Crippen LogP contribution in [0.5, 0.6) is 0 Å². The van der Waals surface area contributed by atoms with E-state index in [1.807, 2.05) is 0 Å². The molecule has 4 N–H and O–H groups in total. The van der Waals surface area contributed by atoms with Crippen molar-refractivity contribution >= 4 is 23.2 Å².